The first-order chi connectivity index (χ1) is 12.5. The predicted molar refractivity (Wildman–Crippen MR) is 94.4 cm³/mol. The highest BCUT2D eigenvalue weighted by Gasteiger charge is 2.36. The second-order valence-corrected chi connectivity index (χ2v) is 6.63. The van der Waals surface area contributed by atoms with E-state index in [9.17, 15) is 9.59 Å². The van der Waals surface area contributed by atoms with Crippen molar-refractivity contribution in [3.63, 3.8) is 0 Å². The Hall–Kier alpha value is -2.32. The molecule has 8 nitrogen and oxygen atoms in total. The van der Waals surface area contributed by atoms with Gasteiger partial charge in [0, 0.05) is 32.2 Å². The maximum atomic E-state index is 12.1. The summed E-state index contributed by atoms with van der Waals surface area (Å²) in [5.74, 6) is 1.14. The number of carbonyl (C=O) groups is 2. The van der Waals surface area contributed by atoms with E-state index in [-0.39, 0.29) is 18.1 Å². The van der Waals surface area contributed by atoms with Gasteiger partial charge in [0.15, 0.2) is 11.5 Å². The van der Waals surface area contributed by atoms with Crippen molar-refractivity contribution in [2.24, 2.45) is 0 Å². The van der Waals surface area contributed by atoms with Crippen LogP contribution in [0.5, 0.6) is 11.5 Å². The lowest BCUT2D eigenvalue weighted by molar-refractivity contribution is -0.121. The van der Waals surface area contributed by atoms with Gasteiger partial charge in [0.25, 0.3) is 0 Å². The number of fused-ring (bicyclic) bond motifs is 1. The lowest BCUT2D eigenvalue weighted by atomic mass is 9.74. The summed E-state index contributed by atoms with van der Waals surface area (Å²) in [5.41, 5.74) is 0.970. The third-order valence-corrected chi connectivity index (χ3v) is 5.04. The molecule has 0 spiro atoms. The fraction of sp³-hybridized carbons (Fsp3) is 0.556. The second-order valence-electron chi connectivity index (χ2n) is 6.63. The second kappa shape index (κ2) is 7.92. The number of carbonyl (C=O) groups excluding carboxylic acids is 2. The molecule has 2 heterocycles. The zero-order chi connectivity index (χ0) is 18.6. The van der Waals surface area contributed by atoms with E-state index in [2.05, 4.69) is 22.0 Å². The van der Waals surface area contributed by atoms with Crippen LogP contribution in [0.3, 0.4) is 0 Å². The Kier molecular flexibility index (Phi) is 5.63. The first-order valence-electron chi connectivity index (χ1n) is 8.78. The zero-order valence-corrected chi connectivity index (χ0v) is 15.1. The maximum Gasteiger partial charge on any atom is 0.321 e. The Bertz CT molecular complexity index is 673. The van der Waals surface area contributed by atoms with Crippen LogP contribution in [-0.4, -0.2) is 51.6 Å². The zero-order valence-electron chi connectivity index (χ0n) is 15.1. The third kappa shape index (κ3) is 3.91. The number of benzene rings is 1. The Morgan fingerprint density at radius 1 is 1.19 bits per heavy atom. The average Bonchev–Trinajstić information content (AvgIpc) is 3.14. The first kappa shape index (κ1) is 18.5. The number of urea groups is 1. The SMILES string of the molecule is CNC(=O)NC(=O)C(C)NCC1(c2ccc3c(c2)OCO3)CCOCC1. The van der Waals surface area contributed by atoms with Crippen LogP contribution in [0.1, 0.15) is 25.3 Å². The quantitative estimate of drug-likeness (QED) is 0.719. The minimum atomic E-state index is -0.514. The molecule has 3 amide bonds. The molecule has 0 radical (unpaired) electrons. The molecule has 3 N–H and O–H groups in total. The number of imide groups is 1. The van der Waals surface area contributed by atoms with Gasteiger partial charge in [-0.25, -0.2) is 4.79 Å². The number of hydrogen-bond donors (Lipinski definition) is 3. The molecule has 0 aliphatic carbocycles. The summed E-state index contributed by atoms with van der Waals surface area (Å²) >= 11 is 0. The lowest BCUT2D eigenvalue weighted by Gasteiger charge is -2.38. The summed E-state index contributed by atoms with van der Waals surface area (Å²) < 4.78 is 16.5. The summed E-state index contributed by atoms with van der Waals surface area (Å²) in [7, 11) is 1.47. The van der Waals surface area contributed by atoms with Crippen molar-refractivity contribution in [3.8, 4) is 11.5 Å². The van der Waals surface area contributed by atoms with E-state index in [0.717, 1.165) is 29.9 Å². The molecule has 1 aromatic carbocycles. The monoisotopic (exact) mass is 363 g/mol. The van der Waals surface area contributed by atoms with Crippen molar-refractivity contribution in [1.29, 1.82) is 0 Å². The van der Waals surface area contributed by atoms with E-state index in [1.807, 2.05) is 12.1 Å². The molecule has 1 aromatic rings. The van der Waals surface area contributed by atoms with Gasteiger partial charge < -0.3 is 24.8 Å². The van der Waals surface area contributed by atoms with Gasteiger partial charge in [-0.05, 0) is 37.5 Å². The highest BCUT2D eigenvalue weighted by molar-refractivity contribution is 5.96. The number of amides is 3. The molecule has 2 aliphatic heterocycles. The van der Waals surface area contributed by atoms with E-state index in [1.54, 1.807) is 6.92 Å². The topological polar surface area (TPSA) is 97.9 Å². The number of rotatable bonds is 5. The summed E-state index contributed by atoms with van der Waals surface area (Å²) in [4.78, 5) is 23.4. The Labute approximate surface area is 152 Å². The van der Waals surface area contributed by atoms with Crippen molar-refractivity contribution in [2.45, 2.75) is 31.2 Å². The Balaban J connectivity index is 1.72. The molecular formula is C18H25N3O5. The van der Waals surface area contributed by atoms with E-state index >= 15 is 0 Å². The molecule has 1 unspecified atom stereocenters. The molecule has 0 saturated carbocycles. The fourth-order valence-corrected chi connectivity index (χ4v) is 3.28. The maximum absolute atomic E-state index is 12.1. The summed E-state index contributed by atoms with van der Waals surface area (Å²) in [6.45, 7) is 3.90. The fourth-order valence-electron chi connectivity index (χ4n) is 3.28. The molecule has 1 fully saturated rings. The highest BCUT2D eigenvalue weighted by Crippen LogP contribution is 2.40. The average molecular weight is 363 g/mol. The van der Waals surface area contributed by atoms with Crippen LogP contribution in [0.25, 0.3) is 0 Å². The molecule has 1 saturated heterocycles. The normalized spacial score (nSPS) is 18.8. The van der Waals surface area contributed by atoms with E-state index < -0.39 is 12.1 Å². The third-order valence-electron chi connectivity index (χ3n) is 5.04. The minimum Gasteiger partial charge on any atom is -0.454 e. The van der Waals surface area contributed by atoms with Crippen LogP contribution in [0.4, 0.5) is 4.79 Å². The molecular weight excluding hydrogens is 338 g/mol. The van der Waals surface area contributed by atoms with Gasteiger partial charge in [-0.3, -0.25) is 10.1 Å². The van der Waals surface area contributed by atoms with Crippen LogP contribution in [-0.2, 0) is 14.9 Å². The molecule has 142 valence electrons. The van der Waals surface area contributed by atoms with E-state index in [4.69, 9.17) is 14.2 Å². The summed E-state index contributed by atoms with van der Waals surface area (Å²) in [5, 5.41) is 7.93. The largest absolute Gasteiger partial charge is 0.454 e. The van der Waals surface area contributed by atoms with Crippen molar-refractivity contribution in [1.82, 2.24) is 16.0 Å². The van der Waals surface area contributed by atoms with Crippen molar-refractivity contribution < 1.29 is 23.8 Å². The molecule has 26 heavy (non-hydrogen) atoms. The van der Waals surface area contributed by atoms with Gasteiger partial charge in [0.2, 0.25) is 12.7 Å². The van der Waals surface area contributed by atoms with Crippen LogP contribution in [0.15, 0.2) is 18.2 Å². The van der Waals surface area contributed by atoms with Crippen LogP contribution in [0, 0.1) is 0 Å². The van der Waals surface area contributed by atoms with Crippen LogP contribution in [0.2, 0.25) is 0 Å². The predicted octanol–water partition coefficient (Wildman–Crippen LogP) is 0.897. The van der Waals surface area contributed by atoms with Gasteiger partial charge in [-0.15, -0.1) is 0 Å². The summed E-state index contributed by atoms with van der Waals surface area (Å²) in [6.07, 6.45) is 1.67. The van der Waals surface area contributed by atoms with Crippen LogP contribution < -0.4 is 25.4 Å². The highest BCUT2D eigenvalue weighted by atomic mass is 16.7. The van der Waals surface area contributed by atoms with Crippen molar-refractivity contribution in [2.75, 3.05) is 33.6 Å². The Morgan fingerprint density at radius 2 is 1.92 bits per heavy atom. The molecule has 8 heteroatoms. The van der Waals surface area contributed by atoms with Gasteiger partial charge in [-0.1, -0.05) is 6.07 Å². The molecule has 1 atom stereocenters. The van der Waals surface area contributed by atoms with E-state index in [1.165, 1.54) is 7.05 Å². The standard InChI is InChI=1S/C18H25N3O5/c1-12(16(22)21-17(23)19-2)20-10-18(5-7-24-8-6-18)13-3-4-14-15(9-13)26-11-25-14/h3-4,9,12,20H,5-8,10-11H2,1-2H3,(H2,19,21,22,23). The van der Waals surface area contributed by atoms with Crippen LogP contribution >= 0.6 is 0 Å². The van der Waals surface area contributed by atoms with Gasteiger partial charge in [-0.2, -0.15) is 0 Å². The van der Waals surface area contributed by atoms with E-state index in [0.29, 0.717) is 19.8 Å². The number of ether oxygens (including phenoxy) is 3. The van der Waals surface area contributed by atoms with Gasteiger partial charge in [0.05, 0.1) is 6.04 Å². The minimum absolute atomic E-state index is 0.166. The summed E-state index contributed by atoms with van der Waals surface area (Å²) in [6, 6.07) is 4.98. The Morgan fingerprint density at radius 3 is 2.65 bits per heavy atom. The van der Waals surface area contributed by atoms with Crippen molar-refractivity contribution >= 4 is 11.9 Å². The molecule has 3 rings (SSSR count). The molecule has 0 aromatic heterocycles. The number of nitrogens with one attached hydrogen (secondary N) is 3. The molecule has 2 aliphatic rings. The van der Waals surface area contributed by atoms with Gasteiger partial charge in [0.1, 0.15) is 0 Å². The first-order valence-corrected chi connectivity index (χ1v) is 8.78. The van der Waals surface area contributed by atoms with Gasteiger partial charge >= 0.3 is 6.03 Å². The smallest absolute Gasteiger partial charge is 0.321 e. The number of hydrogen-bond acceptors (Lipinski definition) is 6. The van der Waals surface area contributed by atoms with Crippen molar-refractivity contribution in [3.05, 3.63) is 23.8 Å². The lowest BCUT2D eigenvalue weighted by Crippen LogP contribution is -2.51. The molecule has 0 bridgehead atoms.